The van der Waals surface area contributed by atoms with Crippen LogP contribution in [-0.4, -0.2) is 60.9 Å². The molecule has 0 spiro atoms. The highest BCUT2D eigenvalue weighted by atomic mass is 16.5. The molecule has 2 unspecified atom stereocenters. The first-order valence-corrected chi connectivity index (χ1v) is 7.38. The summed E-state index contributed by atoms with van der Waals surface area (Å²) in [6, 6.07) is 0. The molecule has 2 atom stereocenters. The minimum Gasteiger partial charge on any atom is -0.480 e. The van der Waals surface area contributed by atoms with Crippen molar-refractivity contribution in [2.45, 2.75) is 44.2 Å². The largest absolute Gasteiger partial charge is 0.480 e. The summed E-state index contributed by atoms with van der Waals surface area (Å²) in [6.45, 7) is 5.22. The second kappa shape index (κ2) is 6.20. The zero-order valence-electron chi connectivity index (χ0n) is 12.0. The van der Waals surface area contributed by atoms with Crippen molar-refractivity contribution in [1.82, 2.24) is 10.2 Å². The van der Waals surface area contributed by atoms with E-state index in [1.165, 1.54) is 0 Å². The number of carboxylic acids is 1. The normalized spacial score (nSPS) is 26.6. The summed E-state index contributed by atoms with van der Waals surface area (Å²) in [5, 5.41) is 12.7. The zero-order chi connectivity index (χ0) is 13.9. The molecule has 1 saturated carbocycles. The van der Waals surface area contributed by atoms with Crippen LogP contribution in [0.2, 0.25) is 0 Å². The maximum absolute atomic E-state index is 11.7. The van der Waals surface area contributed by atoms with Gasteiger partial charge in [0.05, 0.1) is 6.10 Å². The van der Waals surface area contributed by atoms with Gasteiger partial charge in [-0.05, 0) is 45.2 Å². The lowest BCUT2D eigenvalue weighted by atomic mass is 9.92. The lowest BCUT2D eigenvalue weighted by molar-refractivity contribution is -0.147. The van der Waals surface area contributed by atoms with Gasteiger partial charge in [-0.3, -0.25) is 9.69 Å². The molecule has 19 heavy (non-hydrogen) atoms. The van der Waals surface area contributed by atoms with E-state index >= 15 is 0 Å². The van der Waals surface area contributed by atoms with E-state index in [1.807, 2.05) is 0 Å². The van der Waals surface area contributed by atoms with E-state index in [0.29, 0.717) is 6.54 Å². The predicted molar refractivity (Wildman–Crippen MR) is 73.2 cm³/mol. The quantitative estimate of drug-likeness (QED) is 0.687. The summed E-state index contributed by atoms with van der Waals surface area (Å²) < 4.78 is 5.66. The van der Waals surface area contributed by atoms with Crippen LogP contribution in [0.4, 0.5) is 0 Å². The molecule has 0 bridgehead atoms. The lowest BCUT2D eigenvalue weighted by Gasteiger charge is -2.35. The van der Waals surface area contributed by atoms with Crippen molar-refractivity contribution in [3.63, 3.8) is 0 Å². The fourth-order valence-electron chi connectivity index (χ4n) is 3.07. The molecule has 0 amide bonds. The van der Waals surface area contributed by atoms with Crippen molar-refractivity contribution in [3.05, 3.63) is 0 Å². The molecule has 0 aromatic rings. The maximum atomic E-state index is 11.7. The van der Waals surface area contributed by atoms with E-state index in [2.05, 4.69) is 17.1 Å². The van der Waals surface area contributed by atoms with E-state index in [9.17, 15) is 9.90 Å². The van der Waals surface area contributed by atoms with Crippen molar-refractivity contribution in [2.75, 3.05) is 33.3 Å². The molecule has 1 heterocycles. The summed E-state index contributed by atoms with van der Waals surface area (Å²) in [5.74, 6) is -0.447. The standard InChI is InChI=1S/C14H26N2O3/c1-3-16(9-12-5-4-8-19-12)10-14(15-2,13(17)18)11-6-7-11/h11-12,15H,3-10H2,1-2H3,(H,17,18). The van der Waals surface area contributed by atoms with Crippen molar-refractivity contribution in [2.24, 2.45) is 5.92 Å². The molecule has 1 saturated heterocycles. The highest BCUT2D eigenvalue weighted by Crippen LogP contribution is 2.40. The van der Waals surface area contributed by atoms with Gasteiger partial charge in [-0.1, -0.05) is 6.92 Å². The van der Waals surface area contributed by atoms with Crippen LogP contribution in [0, 0.1) is 5.92 Å². The molecule has 0 aromatic heterocycles. The molecule has 1 aliphatic carbocycles. The lowest BCUT2D eigenvalue weighted by Crippen LogP contribution is -2.60. The van der Waals surface area contributed by atoms with E-state index in [4.69, 9.17) is 4.74 Å². The third-order valence-electron chi connectivity index (χ3n) is 4.51. The van der Waals surface area contributed by atoms with Crippen LogP contribution in [0.25, 0.3) is 0 Å². The molecule has 2 N–H and O–H groups in total. The van der Waals surface area contributed by atoms with Gasteiger partial charge in [-0.25, -0.2) is 0 Å². The van der Waals surface area contributed by atoms with Crippen LogP contribution in [0.3, 0.4) is 0 Å². The molecular weight excluding hydrogens is 244 g/mol. The Kier molecular flexibility index (Phi) is 4.81. The predicted octanol–water partition coefficient (Wildman–Crippen LogP) is 0.940. The Balaban J connectivity index is 1.98. The molecule has 1 aliphatic heterocycles. The smallest absolute Gasteiger partial charge is 0.325 e. The summed E-state index contributed by atoms with van der Waals surface area (Å²) in [5.41, 5.74) is -0.783. The van der Waals surface area contributed by atoms with Crippen LogP contribution in [0.5, 0.6) is 0 Å². The number of carbonyl (C=O) groups is 1. The fraction of sp³-hybridized carbons (Fsp3) is 0.929. The molecular formula is C14H26N2O3. The molecule has 5 heteroatoms. The average molecular weight is 270 g/mol. The fourth-order valence-corrected chi connectivity index (χ4v) is 3.07. The Morgan fingerprint density at radius 3 is 2.63 bits per heavy atom. The van der Waals surface area contributed by atoms with Crippen molar-refractivity contribution in [1.29, 1.82) is 0 Å². The number of rotatable bonds is 8. The number of hydrogen-bond donors (Lipinski definition) is 2. The molecule has 0 radical (unpaired) electrons. The van der Waals surface area contributed by atoms with Crippen LogP contribution in [0.15, 0.2) is 0 Å². The minimum atomic E-state index is -0.783. The van der Waals surface area contributed by atoms with E-state index in [-0.39, 0.29) is 12.0 Å². The Hall–Kier alpha value is -0.650. The molecule has 2 rings (SSSR count). The number of carboxylic acid groups (broad SMARTS) is 1. The van der Waals surface area contributed by atoms with Crippen molar-refractivity contribution in [3.8, 4) is 0 Å². The maximum Gasteiger partial charge on any atom is 0.325 e. The van der Waals surface area contributed by atoms with Crippen LogP contribution >= 0.6 is 0 Å². The van der Waals surface area contributed by atoms with Gasteiger partial charge in [0.1, 0.15) is 5.54 Å². The highest BCUT2D eigenvalue weighted by Gasteiger charge is 2.51. The molecule has 2 fully saturated rings. The number of nitrogens with one attached hydrogen (secondary N) is 1. The molecule has 5 nitrogen and oxygen atoms in total. The Morgan fingerprint density at radius 1 is 1.47 bits per heavy atom. The van der Waals surface area contributed by atoms with E-state index in [0.717, 1.165) is 45.4 Å². The third-order valence-corrected chi connectivity index (χ3v) is 4.51. The van der Waals surface area contributed by atoms with E-state index < -0.39 is 11.5 Å². The number of likely N-dealkylation sites (N-methyl/N-ethyl adjacent to an activating group) is 2. The average Bonchev–Trinajstić information content (AvgIpc) is 3.13. The first-order chi connectivity index (χ1) is 9.12. The summed E-state index contributed by atoms with van der Waals surface area (Å²) in [4.78, 5) is 13.9. The van der Waals surface area contributed by atoms with Gasteiger partial charge in [0, 0.05) is 19.7 Å². The summed E-state index contributed by atoms with van der Waals surface area (Å²) >= 11 is 0. The van der Waals surface area contributed by atoms with Gasteiger partial charge in [-0.15, -0.1) is 0 Å². The van der Waals surface area contributed by atoms with Crippen LogP contribution in [0.1, 0.15) is 32.6 Å². The number of nitrogens with zero attached hydrogens (tertiary/aromatic N) is 1. The van der Waals surface area contributed by atoms with Gasteiger partial charge in [0.15, 0.2) is 0 Å². The van der Waals surface area contributed by atoms with Gasteiger partial charge in [-0.2, -0.15) is 0 Å². The zero-order valence-corrected chi connectivity index (χ0v) is 12.0. The summed E-state index contributed by atoms with van der Waals surface area (Å²) in [6.07, 6.45) is 4.54. The molecule has 110 valence electrons. The van der Waals surface area contributed by atoms with Crippen LogP contribution < -0.4 is 5.32 Å². The third kappa shape index (κ3) is 3.27. The van der Waals surface area contributed by atoms with Gasteiger partial charge < -0.3 is 15.2 Å². The Bertz CT molecular complexity index is 314. The topological polar surface area (TPSA) is 61.8 Å². The summed E-state index contributed by atoms with van der Waals surface area (Å²) in [7, 11) is 1.77. The first-order valence-electron chi connectivity index (χ1n) is 7.38. The second-order valence-electron chi connectivity index (χ2n) is 5.76. The number of ether oxygens (including phenoxy) is 1. The monoisotopic (exact) mass is 270 g/mol. The van der Waals surface area contributed by atoms with Gasteiger partial charge in [0.2, 0.25) is 0 Å². The van der Waals surface area contributed by atoms with Gasteiger partial charge in [0.25, 0.3) is 0 Å². The Labute approximate surface area is 115 Å². The van der Waals surface area contributed by atoms with Gasteiger partial charge >= 0.3 is 5.97 Å². The van der Waals surface area contributed by atoms with Crippen LogP contribution in [-0.2, 0) is 9.53 Å². The molecule has 0 aromatic carbocycles. The number of aliphatic carboxylic acids is 1. The molecule has 2 aliphatic rings. The Morgan fingerprint density at radius 2 is 2.21 bits per heavy atom. The first kappa shape index (κ1) is 14.8. The minimum absolute atomic E-state index is 0.272. The highest BCUT2D eigenvalue weighted by molar-refractivity contribution is 5.80. The van der Waals surface area contributed by atoms with Crippen molar-refractivity contribution >= 4 is 5.97 Å². The SMILES string of the molecule is CCN(CC1CCCO1)CC(NC)(C(=O)O)C1CC1. The second-order valence-corrected chi connectivity index (χ2v) is 5.76. The van der Waals surface area contributed by atoms with Crippen molar-refractivity contribution < 1.29 is 14.6 Å². The van der Waals surface area contributed by atoms with E-state index in [1.54, 1.807) is 7.05 Å². The number of hydrogen-bond acceptors (Lipinski definition) is 4.